The van der Waals surface area contributed by atoms with Crippen LogP contribution in [0.25, 0.3) is 98.4 Å². The number of rotatable bonds is 4. The van der Waals surface area contributed by atoms with Crippen LogP contribution in [0.5, 0.6) is 0 Å². The first-order valence-electron chi connectivity index (χ1n) is 16.5. The second-order valence-electron chi connectivity index (χ2n) is 12.6. The molecule has 0 bridgehead atoms. The van der Waals surface area contributed by atoms with E-state index in [4.69, 9.17) is 4.42 Å². The van der Waals surface area contributed by atoms with Gasteiger partial charge in [0.15, 0.2) is 0 Å². The Kier molecular flexibility index (Phi) is 6.37. The van der Waals surface area contributed by atoms with Crippen LogP contribution in [0.3, 0.4) is 0 Å². The summed E-state index contributed by atoms with van der Waals surface area (Å²) >= 11 is 0.316. The van der Waals surface area contributed by atoms with Crippen molar-refractivity contribution in [3.8, 4) is 33.4 Å². The minimum absolute atomic E-state index is 0.316. The Hall–Kier alpha value is -5.90. The van der Waals surface area contributed by atoms with E-state index < -0.39 is 0 Å². The van der Waals surface area contributed by atoms with Crippen LogP contribution in [0.15, 0.2) is 173 Å². The fraction of sp³-hybridized carbons (Fsp3) is 0. The Bertz CT molecular complexity index is 2810. The van der Waals surface area contributed by atoms with Crippen molar-refractivity contribution in [1.82, 2.24) is 0 Å². The van der Waals surface area contributed by atoms with E-state index in [1.165, 1.54) is 38.2 Å². The molecule has 0 aliphatic carbocycles. The van der Waals surface area contributed by atoms with Crippen molar-refractivity contribution in [3.05, 3.63) is 164 Å². The molecule has 1 nitrogen and oxygen atoms in total. The number of fused-ring (bicyclic) bond motifs is 7. The fourth-order valence-corrected chi connectivity index (χ4v) is 8.49. The van der Waals surface area contributed by atoms with Crippen LogP contribution < -0.4 is 0 Å². The summed E-state index contributed by atoms with van der Waals surface area (Å²) in [6, 6.07) is 57.3. The maximum Gasteiger partial charge on any atom is 0.143 e. The van der Waals surface area contributed by atoms with E-state index >= 15 is 0 Å². The normalized spacial score (nSPS) is 11.9. The highest BCUT2D eigenvalue weighted by Gasteiger charge is 2.21. The molecule has 0 saturated heterocycles. The van der Waals surface area contributed by atoms with E-state index in [9.17, 15) is 3.89 Å². The van der Waals surface area contributed by atoms with Crippen molar-refractivity contribution < 1.29 is 8.30 Å². The lowest BCUT2D eigenvalue weighted by Gasteiger charge is -2.17. The molecule has 0 N–H and O–H groups in total. The third-order valence-corrected chi connectivity index (χ3v) is 10.6. The van der Waals surface area contributed by atoms with Crippen LogP contribution in [0.2, 0.25) is 0 Å². The van der Waals surface area contributed by atoms with Crippen LogP contribution in [0.1, 0.15) is 0 Å². The van der Waals surface area contributed by atoms with Crippen LogP contribution in [0, 0.1) is 0 Å². The van der Waals surface area contributed by atoms with E-state index in [2.05, 4.69) is 127 Å². The van der Waals surface area contributed by atoms with E-state index in [1.807, 2.05) is 36.4 Å². The molecular formula is C46H27FOS. The van der Waals surface area contributed by atoms with Crippen molar-refractivity contribution in [2.45, 2.75) is 4.90 Å². The molecule has 0 atom stereocenters. The standard InChI is InChI=1S/C46H27FOS/c47-49-46-38-21-10-8-19-35(38)44(36-20-9-11-22-39(36)46)40-24-12-23-37-30-26-25-29(27-41(30)48-45(37)40)43-33-17-6-4-15-31(33)42(28-13-2-1-3-14-28)32-16-5-7-18-34(32)43/h1-27H. The molecule has 1 aromatic heterocycles. The lowest BCUT2D eigenvalue weighted by Crippen LogP contribution is -1.90. The number of benzene rings is 9. The second-order valence-corrected chi connectivity index (χ2v) is 13.1. The number of hydrogen-bond acceptors (Lipinski definition) is 2. The predicted octanol–water partition coefficient (Wildman–Crippen LogP) is 14.2. The van der Waals surface area contributed by atoms with Crippen molar-refractivity contribution >= 4 is 77.2 Å². The molecule has 0 fully saturated rings. The van der Waals surface area contributed by atoms with Crippen LogP contribution >= 0.6 is 12.1 Å². The van der Waals surface area contributed by atoms with E-state index in [1.54, 1.807) is 0 Å². The molecule has 0 aliphatic rings. The van der Waals surface area contributed by atoms with Crippen LogP contribution in [0.4, 0.5) is 3.89 Å². The Morgan fingerprint density at radius 2 is 0.837 bits per heavy atom. The van der Waals surface area contributed by atoms with Gasteiger partial charge in [0.1, 0.15) is 11.2 Å². The van der Waals surface area contributed by atoms with Gasteiger partial charge in [-0.2, -0.15) is 3.89 Å². The molecule has 49 heavy (non-hydrogen) atoms. The SMILES string of the molecule is FSc1c2ccccc2c(-c2cccc3c2oc2cc(-c4c5ccccc5c(-c5ccccc5)c5ccccc45)ccc23)c2ccccc12. The average molecular weight is 647 g/mol. The molecule has 3 heteroatoms. The smallest absolute Gasteiger partial charge is 0.143 e. The molecule has 1 heterocycles. The zero-order chi connectivity index (χ0) is 32.5. The summed E-state index contributed by atoms with van der Waals surface area (Å²) in [7, 11) is 0. The topological polar surface area (TPSA) is 13.1 Å². The molecule has 9 aromatic carbocycles. The van der Waals surface area contributed by atoms with Gasteiger partial charge in [-0.3, -0.25) is 0 Å². The average Bonchev–Trinajstić information content (AvgIpc) is 3.54. The molecule has 10 aromatic rings. The monoisotopic (exact) mass is 646 g/mol. The van der Waals surface area contributed by atoms with Crippen molar-refractivity contribution in [1.29, 1.82) is 0 Å². The number of halogens is 1. The summed E-state index contributed by atoms with van der Waals surface area (Å²) in [6.07, 6.45) is 0. The third-order valence-electron chi connectivity index (χ3n) is 10.0. The first kappa shape index (κ1) is 28.1. The van der Waals surface area contributed by atoms with Gasteiger partial charge in [0.05, 0.1) is 17.0 Å². The fourth-order valence-electron chi connectivity index (χ4n) is 7.97. The quantitative estimate of drug-likeness (QED) is 0.177. The third kappa shape index (κ3) is 4.19. The van der Waals surface area contributed by atoms with Gasteiger partial charge in [-0.1, -0.05) is 152 Å². The summed E-state index contributed by atoms with van der Waals surface area (Å²) in [5.41, 5.74) is 8.50. The highest BCUT2D eigenvalue weighted by molar-refractivity contribution is 7.94. The van der Waals surface area contributed by atoms with Gasteiger partial charge < -0.3 is 4.42 Å². The van der Waals surface area contributed by atoms with Gasteiger partial charge in [-0.05, 0) is 77.5 Å². The molecule has 230 valence electrons. The van der Waals surface area contributed by atoms with Gasteiger partial charge in [0.25, 0.3) is 0 Å². The molecule has 10 rings (SSSR count). The maximum atomic E-state index is 14.5. The van der Waals surface area contributed by atoms with Gasteiger partial charge in [-0.15, -0.1) is 0 Å². The van der Waals surface area contributed by atoms with Crippen LogP contribution in [-0.2, 0) is 0 Å². The lowest BCUT2D eigenvalue weighted by molar-refractivity contribution is 0.670. The Balaban J connectivity index is 1.25. The van der Waals surface area contributed by atoms with Crippen LogP contribution in [-0.4, -0.2) is 0 Å². The molecule has 0 amide bonds. The van der Waals surface area contributed by atoms with E-state index in [-0.39, 0.29) is 0 Å². The predicted molar refractivity (Wildman–Crippen MR) is 207 cm³/mol. The number of hydrogen-bond donors (Lipinski definition) is 0. The summed E-state index contributed by atoms with van der Waals surface area (Å²) in [4.78, 5) is 0.647. The first-order valence-corrected chi connectivity index (χ1v) is 17.2. The van der Waals surface area contributed by atoms with E-state index in [0.717, 1.165) is 60.2 Å². The zero-order valence-electron chi connectivity index (χ0n) is 26.3. The molecule has 0 aliphatic heterocycles. The maximum absolute atomic E-state index is 14.5. The first-order chi connectivity index (χ1) is 24.3. The highest BCUT2D eigenvalue weighted by Crippen LogP contribution is 2.48. The molecule has 0 unspecified atom stereocenters. The molecule has 0 saturated carbocycles. The molecular weight excluding hydrogens is 620 g/mol. The Morgan fingerprint density at radius 1 is 0.367 bits per heavy atom. The summed E-state index contributed by atoms with van der Waals surface area (Å²) < 4.78 is 21.4. The van der Waals surface area contributed by atoms with Gasteiger partial charge in [0, 0.05) is 21.9 Å². The molecule has 0 radical (unpaired) electrons. The number of para-hydroxylation sites is 1. The van der Waals surface area contributed by atoms with Gasteiger partial charge in [0.2, 0.25) is 0 Å². The van der Waals surface area contributed by atoms with Gasteiger partial charge in [-0.25, -0.2) is 0 Å². The van der Waals surface area contributed by atoms with E-state index in [0.29, 0.717) is 17.0 Å². The minimum atomic E-state index is 0.316. The van der Waals surface area contributed by atoms with Crippen molar-refractivity contribution in [2.75, 3.05) is 0 Å². The highest BCUT2D eigenvalue weighted by atomic mass is 32.2. The Morgan fingerprint density at radius 3 is 1.39 bits per heavy atom. The second kappa shape index (κ2) is 11.1. The largest absolute Gasteiger partial charge is 0.455 e. The zero-order valence-corrected chi connectivity index (χ0v) is 27.1. The summed E-state index contributed by atoms with van der Waals surface area (Å²) in [5.74, 6) is 0. The van der Waals surface area contributed by atoms with Crippen molar-refractivity contribution in [3.63, 3.8) is 0 Å². The summed E-state index contributed by atoms with van der Waals surface area (Å²) in [6.45, 7) is 0. The van der Waals surface area contributed by atoms with Gasteiger partial charge >= 0.3 is 0 Å². The molecule has 0 spiro atoms. The Labute approximate surface area is 286 Å². The van der Waals surface area contributed by atoms with Crippen molar-refractivity contribution in [2.24, 2.45) is 0 Å². The lowest BCUT2D eigenvalue weighted by atomic mass is 9.86. The number of furan rings is 1. The minimum Gasteiger partial charge on any atom is -0.455 e. The summed E-state index contributed by atoms with van der Waals surface area (Å²) in [5, 5.41) is 10.8.